The number of aryl methyl sites for hydroxylation is 1. The molecule has 2 N–H and O–H groups in total. The van der Waals surface area contributed by atoms with Crippen LogP contribution in [0, 0.1) is 5.92 Å². The maximum absolute atomic E-state index is 13.1. The van der Waals surface area contributed by atoms with Crippen molar-refractivity contribution in [3.05, 3.63) is 45.3 Å². The summed E-state index contributed by atoms with van der Waals surface area (Å²) < 4.78 is 1.59. The lowest BCUT2D eigenvalue weighted by Crippen LogP contribution is -3.14. The summed E-state index contributed by atoms with van der Waals surface area (Å²) in [6, 6.07) is 4.21. The summed E-state index contributed by atoms with van der Waals surface area (Å²) in [5.41, 5.74) is 2.54. The minimum atomic E-state index is 0.0468. The van der Waals surface area contributed by atoms with Gasteiger partial charge in [0.1, 0.15) is 0 Å². The fourth-order valence-electron chi connectivity index (χ4n) is 4.44. The van der Waals surface area contributed by atoms with Crippen LogP contribution in [0.1, 0.15) is 23.8 Å². The van der Waals surface area contributed by atoms with Crippen LogP contribution in [0.15, 0.2) is 29.3 Å². The van der Waals surface area contributed by atoms with E-state index in [1.807, 2.05) is 12.4 Å². The van der Waals surface area contributed by atoms with Crippen LogP contribution in [-0.2, 0) is 19.5 Å². The summed E-state index contributed by atoms with van der Waals surface area (Å²) in [6.45, 7) is 6.83. The smallest absolute Gasteiger partial charge is 0.283 e. The van der Waals surface area contributed by atoms with Crippen LogP contribution in [0.2, 0.25) is 0 Å². The van der Waals surface area contributed by atoms with Gasteiger partial charge in [0.05, 0.1) is 31.6 Å². The summed E-state index contributed by atoms with van der Waals surface area (Å²) >= 11 is 1.67. The van der Waals surface area contributed by atoms with Gasteiger partial charge in [0, 0.05) is 22.7 Å². The van der Waals surface area contributed by atoms with E-state index >= 15 is 0 Å². The topological polar surface area (TPSA) is 69.6 Å². The molecular formula is C20H26N6OS+2. The van der Waals surface area contributed by atoms with Crippen LogP contribution >= 0.6 is 11.3 Å². The summed E-state index contributed by atoms with van der Waals surface area (Å²) in [6.07, 6.45) is 7.14. The average Bonchev–Trinajstić information content (AvgIpc) is 3.09. The van der Waals surface area contributed by atoms with E-state index in [1.54, 1.807) is 16.0 Å². The number of hydrogen-bond donors (Lipinski definition) is 1. The van der Waals surface area contributed by atoms with E-state index in [0.29, 0.717) is 12.6 Å². The first-order chi connectivity index (χ1) is 13.7. The first-order valence-electron chi connectivity index (χ1n) is 10.1. The second kappa shape index (κ2) is 7.25. The molecule has 0 amide bonds. The molecule has 0 aromatic carbocycles. The van der Waals surface area contributed by atoms with Crippen LogP contribution < -0.4 is 20.3 Å². The Morgan fingerprint density at radius 2 is 2.07 bits per heavy atom. The van der Waals surface area contributed by atoms with Gasteiger partial charge in [0.25, 0.3) is 5.56 Å². The summed E-state index contributed by atoms with van der Waals surface area (Å²) in [4.78, 5) is 22.2. The first kappa shape index (κ1) is 17.8. The minimum absolute atomic E-state index is 0.0468. The van der Waals surface area contributed by atoms with Crippen LogP contribution in [0.25, 0.3) is 10.2 Å². The number of piperazine rings is 1. The minimum Gasteiger partial charge on any atom is -0.360 e. The van der Waals surface area contributed by atoms with E-state index < -0.39 is 0 Å². The van der Waals surface area contributed by atoms with Gasteiger partial charge in [-0.15, -0.1) is 16.4 Å². The van der Waals surface area contributed by atoms with Gasteiger partial charge in [-0.2, -0.15) is 4.68 Å². The monoisotopic (exact) mass is 398 g/mol. The highest BCUT2D eigenvalue weighted by Crippen LogP contribution is 2.35. The lowest BCUT2D eigenvalue weighted by Gasteiger charge is -2.33. The molecule has 4 heterocycles. The molecule has 1 aliphatic heterocycles. The van der Waals surface area contributed by atoms with Crippen LogP contribution in [-0.4, -0.2) is 41.2 Å². The Labute approximate surface area is 167 Å². The number of H-pyrrole nitrogens is 1. The molecule has 1 fully saturated rings. The van der Waals surface area contributed by atoms with E-state index in [-0.39, 0.29) is 5.56 Å². The molecule has 1 atom stereocenters. The molecule has 3 aromatic heterocycles. The van der Waals surface area contributed by atoms with Crippen molar-refractivity contribution in [3.8, 4) is 0 Å². The normalized spacial score (nSPS) is 20.5. The fraction of sp³-hybridized carbons (Fsp3) is 0.500. The number of rotatable bonds is 3. The highest BCUT2D eigenvalue weighted by molar-refractivity contribution is 7.18. The molecule has 0 unspecified atom stereocenters. The molecule has 3 aromatic rings. The van der Waals surface area contributed by atoms with E-state index in [1.165, 1.54) is 21.0 Å². The number of quaternary nitrogens is 1. The second-order valence-corrected chi connectivity index (χ2v) is 9.16. The number of anilines is 1. The molecule has 8 heteroatoms. The largest absolute Gasteiger partial charge is 0.360 e. The predicted octanol–water partition coefficient (Wildman–Crippen LogP) is 0.155. The van der Waals surface area contributed by atoms with Gasteiger partial charge < -0.3 is 9.80 Å². The zero-order valence-electron chi connectivity index (χ0n) is 16.1. The van der Waals surface area contributed by atoms with Gasteiger partial charge >= 0.3 is 0 Å². The fourth-order valence-corrected chi connectivity index (χ4v) is 5.75. The van der Waals surface area contributed by atoms with Crippen molar-refractivity contribution in [1.82, 2.24) is 15.0 Å². The van der Waals surface area contributed by atoms with Crippen molar-refractivity contribution in [2.75, 3.05) is 31.1 Å². The van der Waals surface area contributed by atoms with Gasteiger partial charge in [-0.1, -0.05) is 12.1 Å². The number of pyridine rings is 1. The molecular weight excluding hydrogens is 372 g/mol. The molecule has 0 saturated carbocycles. The van der Waals surface area contributed by atoms with Crippen molar-refractivity contribution in [2.24, 2.45) is 5.92 Å². The van der Waals surface area contributed by atoms with Crippen molar-refractivity contribution < 1.29 is 9.88 Å². The van der Waals surface area contributed by atoms with Gasteiger partial charge in [-0.25, -0.2) is 4.98 Å². The third-order valence-corrected chi connectivity index (χ3v) is 7.23. The maximum atomic E-state index is 13.1. The molecule has 0 radical (unpaired) electrons. The number of thiophene rings is 1. The van der Waals surface area contributed by atoms with Crippen molar-refractivity contribution >= 4 is 27.2 Å². The van der Waals surface area contributed by atoms with Crippen molar-refractivity contribution in [2.45, 2.75) is 32.9 Å². The Kier molecular flexibility index (Phi) is 4.60. The van der Waals surface area contributed by atoms with Gasteiger partial charge in [-0.3, -0.25) is 4.79 Å². The van der Waals surface area contributed by atoms with Gasteiger partial charge in [-0.05, 0) is 30.7 Å². The lowest BCUT2D eigenvalue weighted by molar-refractivity contribution is -0.924. The van der Waals surface area contributed by atoms with Gasteiger partial charge in [0.2, 0.25) is 0 Å². The van der Waals surface area contributed by atoms with Crippen molar-refractivity contribution in [3.63, 3.8) is 0 Å². The second-order valence-electron chi connectivity index (χ2n) is 8.08. The van der Waals surface area contributed by atoms with E-state index in [2.05, 4.69) is 39.3 Å². The number of aromatic amines is 1. The van der Waals surface area contributed by atoms with Crippen LogP contribution in [0.5, 0.6) is 0 Å². The standard InChI is InChI=1S/C20H24N6OS/c1-14-2-3-16-17(12-14)28-19-18(16)20(27)26(23-22-19)13-24-8-10-25(11-9-24)15-4-6-21-7-5-15/h4-7,14H,2-3,8-13H2,1H3/p+2/t14-/m0/s1. The van der Waals surface area contributed by atoms with Crippen molar-refractivity contribution in [1.29, 1.82) is 0 Å². The maximum Gasteiger partial charge on any atom is 0.283 e. The first-order valence-corrected chi connectivity index (χ1v) is 10.9. The number of nitrogens with one attached hydrogen (secondary N) is 2. The predicted molar refractivity (Wildman–Crippen MR) is 109 cm³/mol. The molecule has 0 spiro atoms. The van der Waals surface area contributed by atoms with Crippen LogP contribution in [0.3, 0.4) is 0 Å². The van der Waals surface area contributed by atoms with Gasteiger partial charge in [0.15, 0.2) is 23.9 Å². The molecule has 0 bridgehead atoms. The number of aromatic nitrogens is 4. The molecule has 28 heavy (non-hydrogen) atoms. The Hall–Kier alpha value is -2.32. The Balaban J connectivity index is 1.34. The van der Waals surface area contributed by atoms with E-state index in [9.17, 15) is 4.79 Å². The molecule has 7 nitrogen and oxygen atoms in total. The number of fused-ring (bicyclic) bond motifs is 3. The highest BCUT2D eigenvalue weighted by atomic mass is 32.1. The number of nitrogens with zero attached hydrogens (tertiary/aromatic N) is 4. The van der Waals surface area contributed by atoms with E-state index in [0.717, 1.165) is 55.7 Å². The Morgan fingerprint density at radius 3 is 2.86 bits per heavy atom. The molecule has 1 saturated heterocycles. The average molecular weight is 399 g/mol. The summed E-state index contributed by atoms with van der Waals surface area (Å²) in [7, 11) is 0. The SMILES string of the molecule is C[C@H]1CCc2c(sc3nnn(C[NH+]4CCN(c5cc[nH+]cc5)CC4)c(=O)c23)C1. The molecule has 146 valence electrons. The third kappa shape index (κ3) is 3.20. The molecule has 2 aliphatic rings. The summed E-state index contributed by atoms with van der Waals surface area (Å²) in [5.74, 6) is 0.694. The molecule has 1 aliphatic carbocycles. The number of hydrogen-bond acceptors (Lipinski definition) is 5. The van der Waals surface area contributed by atoms with Crippen LogP contribution in [0.4, 0.5) is 5.69 Å². The Bertz CT molecular complexity index is 1040. The quantitative estimate of drug-likeness (QED) is 0.682. The Morgan fingerprint density at radius 1 is 1.29 bits per heavy atom. The van der Waals surface area contributed by atoms with E-state index in [4.69, 9.17) is 0 Å². The third-order valence-electron chi connectivity index (χ3n) is 6.09. The zero-order chi connectivity index (χ0) is 19.1. The zero-order valence-corrected chi connectivity index (χ0v) is 17.0. The highest BCUT2D eigenvalue weighted by Gasteiger charge is 2.25. The summed E-state index contributed by atoms with van der Waals surface area (Å²) in [5, 5.41) is 9.50. The lowest BCUT2D eigenvalue weighted by atomic mass is 9.89. The molecule has 5 rings (SSSR count).